The molecule has 0 aliphatic carbocycles. The van der Waals surface area contributed by atoms with Gasteiger partial charge in [-0.15, -0.1) is 0 Å². The summed E-state index contributed by atoms with van der Waals surface area (Å²) in [6.45, 7) is 0. The second-order valence-electron chi connectivity index (χ2n) is 2.24. The van der Waals surface area contributed by atoms with Crippen molar-refractivity contribution in [2.24, 2.45) is 11.5 Å². The third-order valence-electron chi connectivity index (χ3n) is 1.22. The average Bonchev–Trinajstić information content (AvgIpc) is 1.98. The van der Waals surface area contributed by atoms with E-state index in [2.05, 4.69) is 0 Å². The number of carbonyl (C=O) groups excluding carboxylic acids is 2. The number of rotatable bonds is 4. The molecule has 5 N–H and O–H groups in total. The van der Waals surface area contributed by atoms with Crippen molar-refractivity contribution in [1.82, 2.24) is 5.32 Å². The van der Waals surface area contributed by atoms with Gasteiger partial charge in [0.2, 0.25) is 5.91 Å². The maximum Gasteiger partial charge on any atom is 0.318 e. The summed E-state index contributed by atoms with van der Waals surface area (Å²) in [4.78, 5) is 21.1. The van der Waals surface area contributed by atoms with Crippen LogP contribution in [-0.2, 0) is 4.79 Å². The Morgan fingerprint density at radius 2 is 2.17 bits per heavy atom. The number of hydrogen-bond acceptors (Lipinski definition) is 4. The Kier molecular flexibility index (Phi) is 5.48. The summed E-state index contributed by atoms with van der Waals surface area (Å²) in [5.74, 6) is 0.268. The van der Waals surface area contributed by atoms with Gasteiger partial charge in [0, 0.05) is 0 Å². The van der Waals surface area contributed by atoms with E-state index in [-0.39, 0.29) is 0 Å². The summed E-state index contributed by atoms with van der Waals surface area (Å²) < 4.78 is 0. The standard InChI is InChI=1S/C6H13N3O2S/c1-12-3-2-4(7)5(10)9-6(8)11/h4H,2-3,7H2,1H3,(H3,8,9,10,11)/t4-/m1/s1. The molecule has 0 aromatic carbocycles. The molecule has 1 atom stereocenters. The molecule has 0 heterocycles. The van der Waals surface area contributed by atoms with E-state index in [1.165, 1.54) is 0 Å². The summed E-state index contributed by atoms with van der Waals surface area (Å²) >= 11 is 1.59. The molecule has 0 saturated carbocycles. The van der Waals surface area contributed by atoms with E-state index in [4.69, 9.17) is 11.5 Å². The fraction of sp³-hybridized carbons (Fsp3) is 0.667. The van der Waals surface area contributed by atoms with Crippen molar-refractivity contribution in [2.75, 3.05) is 12.0 Å². The number of urea groups is 1. The molecule has 0 radical (unpaired) electrons. The molecule has 0 fully saturated rings. The number of nitrogens with two attached hydrogens (primary N) is 2. The molecule has 0 aromatic heterocycles. The Hall–Kier alpha value is -0.750. The lowest BCUT2D eigenvalue weighted by atomic mass is 10.2. The van der Waals surface area contributed by atoms with E-state index in [0.717, 1.165) is 5.75 Å². The third kappa shape index (κ3) is 4.97. The fourth-order valence-electron chi connectivity index (χ4n) is 0.590. The topological polar surface area (TPSA) is 98.2 Å². The Morgan fingerprint density at radius 3 is 2.58 bits per heavy atom. The van der Waals surface area contributed by atoms with Crippen LogP contribution in [0, 0.1) is 0 Å². The van der Waals surface area contributed by atoms with E-state index in [1.807, 2.05) is 11.6 Å². The van der Waals surface area contributed by atoms with Gasteiger partial charge in [-0.05, 0) is 18.4 Å². The predicted octanol–water partition coefficient (Wildman–Crippen LogP) is -0.738. The highest BCUT2D eigenvalue weighted by atomic mass is 32.2. The Balaban J connectivity index is 3.69. The minimum atomic E-state index is -0.861. The second-order valence-corrected chi connectivity index (χ2v) is 3.23. The van der Waals surface area contributed by atoms with Gasteiger partial charge in [-0.3, -0.25) is 10.1 Å². The highest BCUT2D eigenvalue weighted by Gasteiger charge is 2.13. The van der Waals surface area contributed by atoms with Crippen LogP contribution in [0.4, 0.5) is 4.79 Å². The quantitative estimate of drug-likeness (QED) is 0.545. The third-order valence-corrected chi connectivity index (χ3v) is 1.86. The molecule has 3 amide bonds. The largest absolute Gasteiger partial charge is 0.351 e. The monoisotopic (exact) mass is 191 g/mol. The van der Waals surface area contributed by atoms with Crippen molar-refractivity contribution in [3.8, 4) is 0 Å². The molecule has 0 bridgehead atoms. The van der Waals surface area contributed by atoms with Crippen LogP contribution in [0.5, 0.6) is 0 Å². The summed E-state index contributed by atoms with van der Waals surface area (Å²) in [5.41, 5.74) is 10.1. The van der Waals surface area contributed by atoms with Gasteiger partial charge in [-0.25, -0.2) is 4.79 Å². The first kappa shape index (κ1) is 11.2. The summed E-state index contributed by atoms with van der Waals surface area (Å²) in [6.07, 6.45) is 2.46. The molecule has 70 valence electrons. The Bertz CT molecular complexity index is 174. The van der Waals surface area contributed by atoms with Crippen LogP contribution in [0.3, 0.4) is 0 Å². The second kappa shape index (κ2) is 5.84. The molecule has 0 unspecified atom stereocenters. The molecular formula is C6H13N3O2S. The van der Waals surface area contributed by atoms with Crippen LogP contribution in [0.25, 0.3) is 0 Å². The molecule has 0 aliphatic heterocycles. The number of primary amides is 1. The summed E-state index contributed by atoms with van der Waals surface area (Å²) in [6, 6.07) is -1.51. The Labute approximate surface area is 75.2 Å². The smallest absolute Gasteiger partial charge is 0.318 e. The molecule has 0 spiro atoms. The van der Waals surface area contributed by atoms with Crippen molar-refractivity contribution in [3.05, 3.63) is 0 Å². The van der Waals surface area contributed by atoms with E-state index < -0.39 is 18.0 Å². The molecule has 12 heavy (non-hydrogen) atoms. The van der Waals surface area contributed by atoms with Gasteiger partial charge in [-0.1, -0.05) is 0 Å². The first-order valence-electron chi connectivity index (χ1n) is 3.42. The molecule has 0 aromatic rings. The van der Waals surface area contributed by atoms with Crippen LogP contribution in [0.1, 0.15) is 6.42 Å². The molecule has 0 rings (SSSR count). The number of nitrogens with one attached hydrogen (secondary N) is 1. The molecule has 0 aliphatic rings. The lowest BCUT2D eigenvalue weighted by Gasteiger charge is -2.08. The molecule has 5 nitrogen and oxygen atoms in total. The maximum atomic E-state index is 10.9. The van der Waals surface area contributed by atoms with Crippen molar-refractivity contribution in [1.29, 1.82) is 0 Å². The highest BCUT2D eigenvalue weighted by molar-refractivity contribution is 7.98. The maximum absolute atomic E-state index is 10.9. The lowest BCUT2D eigenvalue weighted by molar-refractivity contribution is -0.121. The normalized spacial score (nSPS) is 12.2. The van der Waals surface area contributed by atoms with Gasteiger partial charge in [0.1, 0.15) is 0 Å². The van der Waals surface area contributed by atoms with Crippen LogP contribution >= 0.6 is 11.8 Å². The van der Waals surface area contributed by atoms with Crippen molar-refractivity contribution >= 4 is 23.7 Å². The van der Waals surface area contributed by atoms with Crippen LogP contribution in [0.15, 0.2) is 0 Å². The lowest BCUT2D eigenvalue weighted by Crippen LogP contribution is -2.45. The van der Waals surface area contributed by atoms with Crippen LogP contribution < -0.4 is 16.8 Å². The van der Waals surface area contributed by atoms with Gasteiger partial charge >= 0.3 is 6.03 Å². The number of carbonyl (C=O) groups is 2. The number of thioether (sulfide) groups is 1. The van der Waals surface area contributed by atoms with Crippen LogP contribution in [0.2, 0.25) is 0 Å². The zero-order chi connectivity index (χ0) is 9.56. The van der Waals surface area contributed by atoms with Gasteiger partial charge < -0.3 is 11.5 Å². The minimum absolute atomic E-state index is 0.517. The van der Waals surface area contributed by atoms with Gasteiger partial charge in [0.05, 0.1) is 6.04 Å². The fourth-order valence-corrected chi connectivity index (χ4v) is 1.08. The van der Waals surface area contributed by atoms with E-state index in [0.29, 0.717) is 6.42 Å². The summed E-state index contributed by atoms with van der Waals surface area (Å²) in [7, 11) is 0. The van der Waals surface area contributed by atoms with E-state index >= 15 is 0 Å². The first-order chi connectivity index (χ1) is 5.57. The molecule has 6 heteroatoms. The van der Waals surface area contributed by atoms with Gasteiger partial charge in [0.25, 0.3) is 0 Å². The number of amides is 3. The van der Waals surface area contributed by atoms with Crippen molar-refractivity contribution in [2.45, 2.75) is 12.5 Å². The highest BCUT2D eigenvalue weighted by Crippen LogP contribution is 1.98. The van der Waals surface area contributed by atoms with Gasteiger partial charge in [-0.2, -0.15) is 11.8 Å². The predicted molar refractivity (Wildman–Crippen MR) is 48.7 cm³/mol. The van der Waals surface area contributed by atoms with E-state index in [1.54, 1.807) is 11.8 Å². The average molecular weight is 191 g/mol. The zero-order valence-electron chi connectivity index (χ0n) is 6.87. The molecular weight excluding hydrogens is 178 g/mol. The minimum Gasteiger partial charge on any atom is -0.351 e. The zero-order valence-corrected chi connectivity index (χ0v) is 7.69. The Morgan fingerprint density at radius 1 is 1.58 bits per heavy atom. The number of imide groups is 1. The summed E-state index contributed by atoms with van der Waals surface area (Å²) in [5, 5.41) is 1.92. The SMILES string of the molecule is CSCC[C@@H](N)C(=O)NC(N)=O. The van der Waals surface area contributed by atoms with Crippen molar-refractivity contribution in [3.63, 3.8) is 0 Å². The first-order valence-corrected chi connectivity index (χ1v) is 4.82. The molecule has 0 saturated heterocycles. The van der Waals surface area contributed by atoms with Crippen molar-refractivity contribution < 1.29 is 9.59 Å². The van der Waals surface area contributed by atoms with Crippen LogP contribution in [-0.4, -0.2) is 30.0 Å². The number of hydrogen-bond donors (Lipinski definition) is 3. The van der Waals surface area contributed by atoms with Gasteiger partial charge in [0.15, 0.2) is 0 Å². The van der Waals surface area contributed by atoms with E-state index in [9.17, 15) is 9.59 Å².